The number of hydrogen-bond donors (Lipinski definition) is 0. The average molecular weight is 249 g/mol. The van der Waals surface area contributed by atoms with Crippen LogP contribution in [0.25, 0.3) is 0 Å². The molecule has 0 rings (SSSR count). The van der Waals surface area contributed by atoms with Gasteiger partial charge in [0.25, 0.3) is 0 Å². The van der Waals surface area contributed by atoms with Gasteiger partial charge in [-0.3, -0.25) is 0 Å². The van der Waals surface area contributed by atoms with E-state index in [0.717, 1.165) is 0 Å². The summed E-state index contributed by atoms with van der Waals surface area (Å²) < 4.78 is 0. The van der Waals surface area contributed by atoms with Crippen molar-refractivity contribution in [3.8, 4) is 0 Å². The van der Waals surface area contributed by atoms with Crippen molar-refractivity contribution in [2.45, 2.75) is 0 Å². The van der Waals surface area contributed by atoms with Crippen molar-refractivity contribution in [1.29, 1.82) is 0 Å². The van der Waals surface area contributed by atoms with Crippen LogP contribution in [0.5, 0.6) is 0 Å². The van der Waals surface area contributed by atoms with Gasteiger partial charge in [0.15, 0.2) is 0 Å². The first-order chi connectivity index (χ1) is 0. The monoisotopic (exact) mass is 249 g/mol. The van der Waals surface area contributed by atoms with Crippen molar-refractivity contribution in [1.82, 2.24) is 0 Å². The molecule has 0 saturated carbocycles. The first-order valence-electron chi connectivity index (χ1n) is 0. The summed E-state index contributed by atoms with van der Waals surface area (Å²) in [5, 5.41) is 0. The summed E-state index contributed by atoms with van der Waals surface area (Å²) >= 11 is 0. The van der Waals surface area contributed by atoms with Gasteiger partial charge in [-0.1, -0.05) is 0 Å². The molecule has 0 heterocycles. The molecule has 0 bridgehead atoms. The maximum Gasteiger partial charge on any atom is 0 e. The van der Waals surface area contributed by atoms with Gasteiger partial charge in [-0.25, -0.2) is 0 Å². The van der Waals surface area contributed by atoms with E-state index in [1.54, 1.807) is 0 Å². The van der Waals surface area contributed by atoms with Crippen molar-refractivity contribution in [3.05, 3.63) is 0 Å². The van der Waals surface area contributed by atoms with Crippen molar-refractivity contribution < 1.29 is 44.3 Å². The van der Waals surface area contributed by atoms with Gasteiger partial charge in [-0.2, -0.15) is 0 Å². The summed E-state index contributed by atoms with van der Waals surface area (Å²) in [7, 11) is 0. The molecule has 0 aliphatic carbocycles. The Balaban J connectivity index is 0. The van der Waals surface area contributed by atoms with Crippen LogP contribution in [0.1, 0.15) is 0 Å². The van der Waals surface area contributed by atoms with E-state index in [1.807, 2.05) is 0 Å². The van der Waals surface area contributed by atoms with Gasteiger partial charge in [0.1, 0.15) is 0 Å². The predicted molar refractivity (Wildman–Crippen MR) is 7.74 cm³/mol. The maximum atomic E-state index is 0. The van der Waals surface area contributed by atoms with E-state index in [2.05, 4.69) is 0 Å². The van der Waals surface area contributed by atoms with Crippen molar-refractivity contribution >= 4 is 0 Å². The van der Waals surface area contributed by atoms with Crippen molar-refractivity contribution in [3.63, 3.8) is 0 Å². The molecule has 0 spiro atoms. The van der Waals surface area contributed by atoms with E-state index in [4.69, 9.17) is 0 Å². The number of hydrogen-bond acceptors (Lipinski definition) is 4. The van der Waals surface area contributed by atoms with Gasteiger partial charge in [-0.15, -0.1) is 0 Å². The van der Waals surface area contributed by atoms with Crippen LogP contribution < -0.4 is 0 Å². The molecule has 0 aromatic heterocycles. The molecule has 0 atom stereocenters. The third-order valence-electron chi connectivity index (χ3n) is 0. The normalized spacial score (nSPS) is 0. The van der Waals surface area contributed by atoms with Gasteiger partial charge in [-0.05, 0) is 0 Å². The first kappa shape index (κ1) is 348. The van der Waals surface area contributed by atoms with Gasteiger partial charge in [0.2, 0.25) is 0 Å². The maximum absolute atomic E-state index is 0. The van der Waals surface area contributed by atoms with Gasteiger partial charge < -0.3 is 21.9 Å². The Labute approximate surface area is 44.9 Å². The van der Waals surface area contributed by atoms with Crippen LogP contribution in [0.4, 0.5) is 0 Å². The third kappa shape index (κ3) is 90.6. The Morgan fingerprint density at radius 3 is 0.400 bits per heavy atom. The Kier molecular flexibility index (Phi) is 12100. The summed E-state index contributed by atoms with van der Waals surface area (Å²) in [4.78, 5) is 0. The third-order valence-corrected chi connectivity index (χ3v) is 0. The van der Waals surface area contributed by atoms with Crippen LogP contribution in [-0.4, -0.2) is 21.9 Å². The van der Waals surface area contributed by atoms with E-state index in [1.165, 1.54) is 0 Å². The number of rotatable bonds is 0. The van der Waals surface area contributed by atoms with E-state index >= 15 is 0 Å². The predicted octanol–water partition coefficient (Wildman–Crippen LogP) is -0.710. The summed E-state index contributed by atoms with van der Waals surface area (Å²) in [5.74, 6) is 0. The summed E-state index contributed by atoms with van der Waals surface area (Å²) in [6.45, 7) is 0. The Morgan fingerprint density at radius 1 is 0.400 bits per heavy atom. The fourth-order valence-corrected chi connectivity index (χ4v) is 0. The molecule has 5 heteroatoms. The van der Waals surface area contributed by atoms with Crippen LogP contribution in [0, 0.1) is 0 Å². The standard InChI is InChI=1S/4H2O.Ta/h4*1H2;/p-4. The fourth-order valence-electron chi connectivity index (χ4n) is 0. The van der Waals surface area contributed by atoms with Crippen LogP contribution in [0.2, 0.25) is 0 Å². The molecular weight excluding hydrogens is 245 g/mol. The SMILES string of the molecule is [OH-].[OH-].[OH-].[OH-].[Ta]. The van der Waals surface area contributed by atoms with E-state index in [-0.39, 0.29) is 44.3 Å². The first-order valence-corrected chi connectivity index (χ1v) is 0. The van der Waals surface area contributed by atoms with E-state index < -0.39 is 0 Å². The molecule has 1 radical (unpaired) electrons. The minimum atomic E-state index is 0. The molecule has 0 saturated heterocycles. The molecule has 4 nitrogen and oxygen atoms in total. The van der Waals surface area contributed by atoms with Crippen LogP contribution in [-0.2, 0) is 22.4 Å². The van der Waals surface area contributed by atoms with Crippen molar-refractivity contribution in [2.75, 3.05) is 0 Å². The summed E-state index contributed by atoms with van der Waals surface area (Å²) in [6, 6.07) is 0. The Bertz CT molecular complexity index is 3.61. The minimum Gasteiger partial charge on any atom is -0.870 e. The molecule has 0 unspecified atom stereocenters. The molecule has 37 valence electrons. The molecule has 0 aliphatic heterocycles. The fraction of sp³-hybridized carbons (Fsp3) is 0. The molecule has 0 aromatic rings. The van der Waals surface area contributed by atoms with Crippen LogP contribution in [0.3, 0.4) is 0 Å². The van der Waals surface area contributed by atoms with Gasteiger partial charge in [0, 0.05) is 22.4 Å². The van der Waals surface area contributed by atoms with Crippen molar-refractivity contribution in [2.24, 2.45) is 0 Å². The zero-order valence-electron chi connectivity index (χ0n) is 2.24. The molecule has 0 aromatic carbocycles. The Hall–Kier alpha value is 0.580. The van der Waals surface area contributed by atoms with Gasteiger partial charge in [0.05, 0.1) is 0 Å². The second-order valence-corrected chi connectivity index (χ2v) is 0. The topological polar surface area (TPSA) is 120 Å². The second kappa shape index (κ2) is 174. The molecule has 0 amide bonds. The summed E-state index contributed by atoms with van der Waals surface area (Å²) in [5.41, 5.74) is 0. The zero-order chi connectivity index (χ0) is 0. The minimum absolute atomic E-state index is 0. The quantitative estimate of drug-likeness (QED) is 0.562. The largest absolute Gasteiger partial charge is 0.870 e. The van der Waals surface area contributed by atoms with E-state index in [0.29, 0.717) is 0 Å². The second-order valence-electron chi connectivity index (χ2n) is 0. The molecular formula is H4O4Ta-4. The van der Waals surface area contributed by atoms with Crippen LogP contribution >= 0.6 is 0 Å². The zero-order valence-corrected chi connectivity index (χ0v) is 5.45. The Morgan fingerprint density at radius 2 is 0.400 bits per heavy atom. The summed E-state index contributed by atoms with van der Waals surface area (Å²) in [6.07, 6.45) is 0. The van der Waals surface area contributed by atoms with E-state index in [9.17, 15) is 0 Å². The smallest absolute Gasteiger partial charge is 0 e. The molecule has 4 N–H and O–H groups in total. The molecule has 0 fully saturated rings. The van der Waals surface area contributed by atoms with Crippen LogP contribution in [0.15, 0.2) is 0 Å². The average Bonchev–Trinajstić information content (AvgIpc) is 0. The van der Waals surface area contributed by atoms with Gasteiger partial charge >= 0.3 is 0 Å². The molecule has 0 aliphatic rings. The molecule has 5 heavy (non-hydrogen) atoms.